The van der Waals surface area contributed by atoms with Gasteiger partial charge in [-0.15, -0.1) is 0 Å². The number of carbonyl (C=O) groups is 3. The fourth-order valence-corrected chi connectivity index (χ4v) is 3.48. The van der Waals surface area contributed by atoms with Crippen molar-refractivity contribution in [3.8, 4) is 5.75 Å². The van der Waals surface area contributed by atoms with Crippen molar-refractivity contribution in [1.29, 1.82) is 0 Å². The molecule has 0 radical (unpaired) electrons. The number of aromatic nitrogens is 1. The summed E-state index contributed by atoms with van der Waals surface area (Å²) in [6, 6.07) is 5.10. The van der Waals surface area contributed by atoms with Gasteiger partial charge in [0.1, 0.15) is 11.4 Å². The van der Waals surface area contributed by atoms with Crippen molar-refractivity contribution >= 4 is 34.4 Å². The number of carboxylic acid groups (broad SMARTS) is 1. The zero-order valence-electron chi connectivity index (χ0n) is 14.9. The molecular weight excluding hydrogens is 340 g/mol. The second-order valence-corrected chi connectivity index (χ2v) is 6.88. The van der Waals surface area contributed by atoms with Gasteiger partial charge in [0.2, 0.25) is 5.91 Å². The van der Waals surface area contributed by atoms with Gasteiger partial charge in [-0.2, -0.15) is 0 Å². The summed E-state index contributed by atoms with van der Waals surface area (Å²) in [6.07, 6.45) is 0. The second kappa shape index (κ2) is 6.05. The predicted molar refractivity (Wildman–Crippen MR) is 93.2 cm³/mol. The summed E-state index contributed by atoms with van der Waals surface area (Å²) >= 11 is 0. The number of rotatable bonds is 5. The highest BCUT2D eigenvalue weighted by Gasteiger charge is 2.66. The number of H-pyrrole nitrogens is 1. The molecule has 8 nitrogen and oxygen atoms in total. The Kier molecular flexibility index (Phi) is 4.14. The first-order valence-electron chi connectivity index (χ1n) is 8.04. The van der Waals surface area contributed by atoms with Crippen molar-refractivity contribution in [1.82, 2.24) is 4.98 Å². The Morgan fingerprint density at radius 3 is 2.42 bits per heavy atom. The molecule has 3 rings (SSSR count). The van der Waals surface area contributed by atoms with Crippen LogP contribution >= 0.6 is 0 Å². The molecule has 1 aliphatic carbocycles. The fourth-order valence-electron chi connectivity index (χ4n) is 3.48. The molecule has 1 saturated carbocycles. The fraction of sp³-hybridized carbons (Fsp3) is 0.389. The lowest BCUT2D eigenvalue weighted by Gasteiger charge is -2.07. The van der Waals surface area contributed by atoms with E-state index < -0.39 is 35.1 Å². The van der Waals surface area contributed by atoms with E-state index in [1.807, 2.05) is 0 Å². The van der Waals surface area contributed by atoms with Gasteiger partial charge in [0.05, 0.1) is 37.3 Å². The van der Waals surface area contributed by atoms with Gasteiger partial charge in [-0.3, -0.25) is 9.59 Å². The van der Waals surface area contributed by atoms with E-state index in [-0.39, 0.29) is 11.4 Å². The molecule has 0 unspecified atom stereocenters. The minimum atomic E-state index is -1.01. The third kappa shape index (κ3) is 2.67. The summed E-state index contributed by atoms with van der Waals surface area (Å²) in [5, 5.41) is 12.6. The van der Waals surface area contributed by atoms with Crippen LogP contribution in [0.25, 0.3) is 10.9 Å². The van der Waals surface area contributed by atoms with Crippen LogP contribution in [-0.2, 0) is 14.3 Å². The molecule has 0 saturated heterocycles. The van der Waals surface area contributed by atoms with E-state index in [4.69, 9.17) is 9.47 Å². The summed E-state index contributed by atoms with van der Waals surface area (Å²) in [7, 11) is 2.76. The van der Waals surface area contributed by atoms with Gasteiger partial charge in [-0.05, 0) is 17.5 Å². The number of esters is 1. The number of fused-ring (bicyclic) bond motifs is 1. The molecule has 0 spiro atoms. The average Bonchev–Trinajstić information content (AvgIpc) is 3.02. The van der Waals surface area contributed by atoms with Crippen LogP contribution in [0.5, 0.6) is 5.75 Å². The van der Waals surface area contributed by atoms with Gasteiger partial charge in [0.25, 0.3) is 0 Å². The standard InChI is InChI=1S/C18H20N2O6/c1-18(2)11(12(18)16(22)23)15(21)20-13-9-6-5-8(25-3)7-10(9)19-14(13)17(24)26-4/h5-7,11-12,19H,1-4H3,(H,20,21)(H,22,23)/t11-,12-/m1/s1. The first-order chi connectivity index (χ1) is 12.2. The molecule has 1 amide bonds. The summed E-state index contributed by atoms with van der Waals surface area (Å²) in [5.74, 6) is -2.93. The summed E-state index contributed by atoms with van der Waals surface area (Å²) < 4.78 is 9.94. The predicted octanol–water partition coefficient (Wildman–Crippen LogP) is 2.26. The number of methoxy groups -OCH3 is 2. The molecule has 8 heteroatoms. The van der Waals surface area contributed by atoms with E-state index in [2.05, 4.69) is 10.3 Å². The van der Waals surface area contributed by atoms with Gasteiger partial charge >= 0.3 is 11.9 Å². The Labute approximate surface area is 149 Å². The topological polar surface area (TPSA) is 118 Å². The van der Waals surface area contributed by atoms with Gasteiger partial charge in [0, 0.05) is 11.5 Å². The third-order valence-electron chi connectivity index (χ3n) is 5.02. The monoisotopic (exact) mass is 360 g/mol. The number of amides is 1. The van der Waals surface area contributed by atoms with E-state index in [0.29, 0.717) is 16.7 Å². The normalized spacial score (nSPS) is 20.5. The first-order valence-corrected chi connectivity index (χ1v) is 8.04. The van der Waals surface area contributed by atoms with Crippen molar-refractivity contribution < 1.29 is 29.0 Å². The smallest absolute Gasteiger partial charge is 0.356 e. The van der Waals surface area contributed by atoms with Gasteiger partial charge < -0.3 is 24.9 Å². The van der Waals surface area contributed by atoms with Crippen molar-refractivity contribution in [3.05, 3.63) is 23.9 Å². The van der Waals surface area contributed by atoms with Gasteiger partial charge in [-0.25, -0.2) is 4.79 Å². The summed E-state index contributed by atoms with van der Waals surface area (Å²) in [4.78, 5) is 39.0. The van der Waals surface area contributed by atoms with Crippen LogP contribution in [0.1, 0.15) is 24.3 Å². The van der Waals surface area contributed by atoms with Gasteiger partial charge in [0.15, 0.2) is 0 Å². The number of ether oxygens (including phenoxy) is 2. The van der Waals surface area contributed by atoms with Crippen LogP contribution in [0, 0.1) is 17.3 Å². The highest BCUT2D eigenvalue weighted by atomic mass is 16.5. The van der Waals surface area contributed by atoms with Crippen LogP contribution in [0.3, 0.4) is 0 Å². The molecule has 26 heavy (non-hydrogen) atoms. The lowest BCUT2D eigenvalue weighted by atomic mass is 10.1. The molecule has 0 bridgehead atoms. The lowest BCUT2D eigenvalue weighted by molar-refractivity contribution is -0.140. The minimum Gasteiger partial charge on any atom is -0.497 e. The Morgan fingerprint density at radius 1 is 1.19 bits per heavy atom. The Balaban J connectivity index is 2.00. The zero-order chi connectivity index (χ0) is 19.2. The van der Waals surface area contributed by atoms with Crippen LogP contribution in [0.2, 0.25) is 0 Å². The molecule has 1 aromatic carbocycles. The molecule has 1 fully saturated rings. The molecule has 2 atom stereocenters. The molecule has 1 aliphatic rings. The third-order valence-corrected chi connectivity index (χ3v) is 5.02. The number of carboxylic acids is 1. The quantitative estimate of drug-likeness (QED) is 0.704. The Morgan fingerprint density at radius 2 is 1.88 bits per heavy atom. The first kappa shape index (κ1) is 17.8. The number of aromatic amines is 1. The zero-order valence-corrected chi connectivity index (χ0v) is 14.9. The number of carbonyl (C=O) groups excluding carboxylic acids is 2. The number of aliphatic carboxylic acids is 1. The number of hydrogen-bond acceptors (Lipinski definition) is 5. The van der Waals surface area contributed by atoms with E-state index in [0.717, 1.165) is 0 Å². The lowest BCUT2D eigenvalue weighted by Crippen LogP contribution is -2.19. The highest BCUT2D eigenvalue weighted by molar-refractivity contribution is 6.12. The Bertz CT molecular complexity index is 914. The molecule has 1 aromatic heterocycles. The highest BCUT2D eigenvalue weighted by Crippen LogP contribution is 2.58. The van der Waals surface area contributed by atoms with Crippen molar-refractivity contribution in [3.63, 3.8) is 0 Å². The Hall–Kier alpha value is -3.03. The molecule has 3 N–H and O–H groups in total. The van der Waals surface area contributed by atoms with Crippen LogP contribution in [-0.4, -0.2) is 42.2 Å². The largest absolute Gasteiger partial charge is 0.497 e. The van der Waals surface area contributed by atoms with E-state index in [1.165, 1.54) is 14.2 Å². The van der Waals surface area contributed by atoms with E-state index in [1.54, 1.807) is 32.0 Å². The molecule has 0 aliphatic heterocycles. The van der Waals surface area contributed by atoms with Crippen LogP contribution in [0.4, 0.5) is 5.69 Å². The SMILES string of the molecule is COC(=O)c1[nH]c2cc(OC)ccc2c1NC(=O)[C@H]1[C@H](C(=O)O)C1(C)C. The number of benzene rings is 1. The maximum Gasteiger partial charge on any atom is 0.356 e. The average molecular weight is 360 g/mol. The van der Waals surface area contributed by atoms with Crippen LogP contribution < -0.4 is 10.1 Å². The summed E-state index contributed by atoms with van der Waals surface area (Å²) in [6.45, 7) is 3.47. The number of nitrogens with one attached hydrogen (secondary N) is 2. The minimum absolute atomic E-state index is 0.0921. The molecule has 138 valence electrons. The number of anilines is 1. The van der Waals surface area contributed by atoms with Gasteiger partial charge in [-0.1, -0.05) is 13.8 Å². The molecular formula is C18H20N2O6. The maximum atomic E-state index is 12.7. The van der Waals surface area contributed by atoms with Crippen molar-refractivity contribution in [2.24, 2.45) is 17.3 Å². The molecule has 2 aromatic rings. The van der Waals surface area contributed by atoms with E-state index in [9.17, 15) is 19.5 Å². The van der Waals surface area contributed by atoms with Crippen molar-refractivity contribution in [2.45, 2.75) is 13.8 Å². The summed E-state index contributed by atoms with van der Waals surface area (Å²) in [5.41, 5.74) is 0.308. The second-order valence-electron chi connectivity index (χ2n) is 6.88. The number of hydrogen-bond donors (Lipinski definition) is 3. The van der Waals surface area contributed by atoms with Crippen LogP contribution in [0.15, 0.2) is 18.2 Å². The maximum absolute atomic E-state index is 12.7. The van der Waals surface area contributed by atoms with Crippen molar-refractivity contribution in [2.75, 3.05) is 19.5 Å². The molecule has 1 heterocycles. The van der Waals surface area contributed by atoms with E-state index >= 15 is 0 Å².